The van der Waals surface area contributed by atoms with Crippen LogP contribution in [0.4, 0.5) is 0 Å². The lowest BCUT2D eigenvalue weighted by Crippen LogP contribution is -2.54. The number of benzene rings is 1. The number of carbonyl (C=O) groups is 2. The average molecular weight is 330 g/mol. The number of fused-ring (bicyclic) bond motifs is 1. The van der Waals surface area contributed by atoms with Gasteiger partial charge >= 0.3 is 0 Å². The molecule has 3 aliphatic heterocycles. The lowest BCUT2D eigenvalue weighted by Gasteiger charge is -2.31. The van der Waals surface area contributed by atoms with E-state index in [4.69, 9.17) is 9.47 Å². The minimum absolute atomic E-state index is 0.0764. The Morgan fingerprint density at radius 2 is 2.21 bits per heavy atom. The second kappa shape index (κ2) is 5.32. The fourth-order valence-corrected chi connectivity index (χ4v) is 3.85. The number of ether oxygens (including phenoxy) is 2. The van der Waals surface area contributed by atoms with E-state index in [-0.39, 0.29) is 24.5 Å². The van der Waals surface area contributed by atoms with Gasteiger partial charge in [0.15, 0.2) is 0 Å². The van der Waals surface area contributed by atoms with E-state index in [1.165, 1.54) is 5.01 Å². The van der Waals surface area contributed by atoms with Gasteiger partial charge in [0.2, 0.25) is 5.91 Å². The summed E-state index contributed by atoms with van der Waals surface area (Å²) < 4.78 is 11.0. The summed E-state index contributed by atoms with van der Waals surface area (Å²) in [5.74, 6) is -0.357. The predicted octanol–water partition coefficient (Wildman–Crippen LogP) is 0.257. The van der Waals surface area contributed by atoms with Crippen LogP contribution in [0.1, 0.15) is 16.8 Å². The zero-order valence-corrected chi connectivity index (χ0v) is 13.1. The molecule has 3 aliphatic rings. The summed E-state index contributed by atoms with van der Waals surface area (Å²) in [6, 6.07) is 5.95. The highest BCUT2D eigenvalue weighted by Crippen LogP contribution is 2.51. The van der Waals surface area contributed by atoms with Gasteiger partial charge in [-0.05, 0) is 30.7 Å². The van der Waals surface area contributed by atoms with Crippen molar-refractivity contribution in [2.24, 2.45) is 5.92 Å². The van der Waals surface area contributed by atoms with Crippen LogP contribution >= 0.6 is 0 Å². The van der Waals surface area contributed by atoms with E-state index in [1.807, 2.05) is 12.2 Å². The van der Waals surface area contributed by atoms with E-state index in [9.17, 15) is 14.7 Å². The summed E-state index contributed by atoms with van der Waals surface area (Å²) in [5, 5.41) is 11.0. The van der Waals surface area contributed by atoms with Gasteiger partial charge in [-0.3, -0.25) is 15.0 Å². The number of hydrazine groups is 1. The van der Waals surface area contributed by atoms with Crippen molar-refractivity contribution in [1.29, 1.82) is 0 Å². The first-order valence-corrected chi connectivity index (χ1v) is 7.85. The van der Waals surface area contributed by atoms with E-state index >= 15 is 0 Å². The molecule has 7 heteroatoms. The summed E-state index contributed by atoms with van der Waals surface area (Å²) in [6.45, 7) is -0.289. The van der Waals surface area contributed by atoms with Crippen LogP contribution in [0.15, 0.2) is 36.4 Å². The third-order valence-electron chi connectivity index (χ3n) is 5.05. The quantitative estimate of drug-likeness (QED) is 0.773. The number of hydrogen-bond acceptors (Lipinski definition) is 5. The summed E-state index contributed by atoms with van der Waals surface area (Å²) in [7, 11) is 1.55. The number of methoxy groups -OCH3 is 1. The molecule has 2 N–H and O–H groups in total. The van der Waals surface area contributed by atoms with Gasteiger partial charge in [-0.2, -0.15) is 0 Å². The molecule has 1 aromatic carbocycles. The maximum atomic E-state index is 12.7. The standard InChI is InChI=1S/C17H18N2O5/c1-23-11-4-2-10(3-5-11)15(21)18-19-14(9-20)17-7-6-12(24-17)8-13(17)16(19)22/h2-7,12-14,20H,8-9H2,1H3,(H,18,21)/t12-,13+,14-,17+/m1/s1. The van der Waals surface area contributed by atoms with E-state index in [2.05, 4.69) is 5.43 Å². The number of aliphatic hydroxyl groups is 1. The van der Waals surface area contributed by atoms with Crippen LogP contribution < -0.4 is 10.2 Å². The van der Waals surface area contributed by atoms with Crippen molar-refractivity contribution >= 4 is 11.8 Å². The molecular formula is C17H18N2O5. The molecule has 2 fully saturated rings. The highest BCUT2D eigenvalue weighted by Gasteiger charge is 2.66. The first-order chi connectivity index (χ1) is 11.6. The Morgan fingerprint density at radius 1 is 1.46 bits per heavy atom. The van der Waals surface area contributed by atoms with E-state index in [1.54, 1.807) is 31.4 Å². The molecule has 126 valence electrons. The number of rotatable bonds is 4. The minimum atomic E-state index is -0.830. The van der Waals surface area contributed by atoms with Gasteiger partial charge in [-0.15, -0.1) is 0 Å². The molecule has 2 amide bonds. The molecule has 0 unspecified atom stereocenters. The fraction of sp³-hybridized carbons (Fsp3) is 0.412. The SMILES string of the molecule is COc1ccc(C(=O)NN2C(=O)[C@@H]3C[C@H]4C=C[C@@]3(O4)[C@H]2CO)cc1. The number of carbonyl (C=O) groups excluding carboxylic acids is 2. The number of aliphatic hydroxyl groups excluding tert-OH is 1. The largest absolute Gasteiger partial charge is 0.497 e. The van der Waals surface area contributed by atoms with Crippen LogP contribution in [0.3, 0.4) is 0 Å². The van der Waals surface area contributed by atoms with Crippen molar-refractivity contribution in [1.82, 2.24) is 10.4 Å². The molecule has 4 rings (SSSR count). The van der Waals surface area contributed by atoms with Crippen molar-refractivity contribution in [2.45, 2.75) is 24.2 Å². The first kappa shape index (κ1) is 15.2. The summed E-state index contributed by atoms with van der Waals surface area (Å²) in [6.07, 6.45) is 4.28. The van der Waals surface area contributed by atoms with Crippen molar-refractivity contribution in [2.75, 3.05) is 13.7 Å². The highest BCUT2D eigenvalue weighted by atomic mass is 16.5. The van der Waals surface area contributed by atoms with Crippen LogP contribution in [0.5, 0.6) is 5.75 Å². The van der Waals surface area contributed by atoms with Crippen molar-refractivity contribution in [3.63, 3.8) is 0 Å². The Hall–Kier alpha value is -2.38. The molecule has 3 heterocycles. The van der Waals surface area contributed by atoms with E-state index in [0.29, 0.717) is 17.7 Å². The summed E-state index contributed by atoms with van der Waals surface area (Å²) in [4.78, 5) is 25.1. The van der Waals surface area contributed by atoms with Crippen LogP contribution in [0.25, 0.3) is 0 Å². The summed E-state index contributed by atoms with van der Waals surface area (Å²) >= 11 is 0. The monoisotopic (exact) mass is 330 g/mol. The number of amides is 2. The molecule has 24 heavy (non-hydrogen) atoms. The van der Waals surface area contributed by atoms with Crippen LogP contribution in [-0.4, -0.2) is 53.4 Å². The van der Waals surface area contributed by atoms with Crippen LogP contribution in [-0.2, 0) is 9.53 Å². The highest BCUT2D eigenvalue weighted by molar-refractivity contribution is 5.96. The second-order valence-corrected chi connectivity index (χ2v) is 6.23. The predicted molar refractivity (Wildman–Crippen MR) is 83.0 cm³/mol. The Morgan fingerprint density at radius 3 is 2.83 bits per heavy atom. The summed E-state index contributed by atoms with van der Waals surface area (Å²) in [5.41, 5.74) is 2.19. The first-order valence-electron chi connectivity index (χ1n) is 7.85. The normalized spacial score (nSPS) is 33.0. The number of nitrogens with zero attached hydrogens (tertiary/aromatic N) is 1. The molecule has 1 spiro atoms. The molecule has 0 saturated carbocycles. The minimum Gasteiger partial charge on any atom is -0.497 e. The Kier molecular flexibility index (Phi) is 3.36. The molecule has 4 atom stereocenters. The zero-order chi connectivity index (χ0) is 16.9. The Balaban J connectivity index is 1.56. The molecule has 0 aliphatic carbocycles. The molecule has 0 radical (unpaired) electrons. The van der Waals surface area contributed by atoms with Gasteiger partial charge in [-0.1, -0.05) is 12.2 Å². The average Bonchev–Trinajstić information content (AvgIpc) is 3.25. The van der Waals surface area contributed by atoms with Crippen LogP contribution in [0, 0.1) is 5.92 Å². The smallest absolute Gasteiger partial charge is 0.269 e. The van der Waals surface area contributed by atoms with Crippen molar-refractivity contribution < 1.29 is 24.2 Å². The third-order valence-corrected chi connectivity index (χ3v) is 5.05. The molecule has 2 saturated heterocycles. The maximum absolute atomic E-state index is 12.7. The number of hydrogen-bond donors (Lipinski definition) is 2. The molecule has 1 aromatic rings. The van der Waals surface area contributed by atoms with Gasteiger partial charge in [0.1, 0.15) is 17.4 Å². The molecule has 0 aromatic heterocycles. The third kappa shape index (κ3) is 1.98. The lowest BCUT2D eigenvalue weighted by molar-refractivity contribution is -0.135. The zero-order valence-electron chi connectivity index (χ0n) is 13.1. The van der Waals surface area contributed by atoms with E-state index < -0.39 is 17.6 Å². The molecular weight excluding hydrogens is 312 g/mol. The topological polar surface area (TPSA) is 88.1 Å². The van der Waals surface area contributed by atoms with Crippen molar-refractivity contribution in [3.05, 3.63) is 42.0 Å². The van der Waals surface area contributed by atoms with Gasteiger partial charge in [0, 0.05) is 5.56 Å². The second-order valence-electron chi connectivity index (χ2n) is 6.23. The Bertz CT molecular complexity index is 716. The van der Waals surface area contributed by atoms with Gasteiger partial charge in [-0.25, -0.2) is 5.01 Å². The van der Waals surface area contributed by atoms with Crippen molar-refractivity contribution in [3.8, 4) is 5.75 Å². The molecule has 7 nitrogen and oxygen atoms in total. The van der Waals surface area contributed by atoms with E-state index in [0.717, 1.165) is 0 Å². The van der Waals surface area contributed by atoms with Gasteiger partial charge in [0.25, 0.3) is 5.91 Å². The maximum Gasteiger partial charge on any atom is 0.269 e. The number of nitrogens with one attached hydrogen (secondary N) is 1. The Labute approximate surface area is 138 Å². The fourth-order valence-electron chi connectivity index (χ4n) is 3.85. The van der Waals surface area contributed by atoms with Gasteiger partial charge in [0.05, 0.1) is 25.7 Å². The van der Waals surface area contributed by atoms with Gasteiger partial charge < -0.3 is 14.6 Å². The lowest BCUT2D eigenvalue weighted by atomic mass is 9.82. The molecule has 2 bridgehead atoms. The van der Waals surface area contributed by atoms with Crippen LogP contribution in [0.2, 0.25) is 0 Å².